The first-order valence-corrected chi connectivity index (χ1v) is 11.3. The fourth-order valence-electron chi connectivity index (χ4n) is 3.09. The van der Waals surface area contributed by atoms with Crippen molar-refractivity contribution < 1.29 is 14.6 Å². The number of thioether (sulfide) groups is 2. The minimum atomic E-state index is -0.838. The summed E-state index contributed by atoms with van der Waals surface area (Å²) in [6, 6.07) is 14.7. The number of methoxy groups -OCH3 is 1. The average molecular weight is 418 g/mol. The summed E-state index contributed by atoms with van der Waals surface area (Å²) in [5.74, 6) is 2.20. The van der Waals surface area contributed by atoms with E-state index in [1.165, 1.54) is 22.3 Å². The second-order valence-corrected chi connectivity index (χ2v) is 10.3. The molecule has 0 spiro atoms. The second-order valence-electron chi connectivity index (χ2n) is 7.60. The van der Waals surface area contributed by atoms with E-state index in [0.29, 0.717) is 11.7 Å². The molecular weight excluding hydrogens is 390 g/mol. The number of benzene rings is 2. The number of fused-ring (bicyclic) bond motifs is 1. The van der Waals surface area contributed by atoms with Crippen LogP contribution in [0, 0.1) is 5.92 Å². The van der Waals surface area contributed by atoms with Gasteiger partial charge in [-0.3, -0.25) is 4.79 Å². The minimum Gasteiger partial charge on any atom is -0.496 e. The zero-order chi connectivity index (χ0) is 20.3. The van der Waals surface area contributed by atoms with E-state index >= 15 is 0 Å². The van der Waals surface area contributed by atoms with Crippen molar-refractivity contribution in [1.82, 2.24) is 0 Å². The highest BCUT2D eigenvalue weighted by atomic mass is 32.2. The Morgan fingerprint density at radius 1 is 1.32 bits per heavy atom. The van der Waals surface area contributed by atoms with Gasteiger partial charge in [0.1, 0.15) is 10.5 Å². The summed E-state index contributed by atoms with van der Waals surface area (Å²) in [6.07, 6.45) is 0. The lowest BCUT2D eigenvalue weighted by Gasteiger charge is -2.27. The molecule has 2 aromatic carbocycles. The lowest BCUT2D eigenvalue weighted by Crippen LogP contribution is -2.27. The van der Waals surface area contributed by atoms with Crippen molar-refractivity contribution in [3.8, 4) is 5.75 Å². The van der Waals surface area contributed by atoms with E-state index in [2.05, 4.69) is 48.2 Å². The Labute approximate surface area is 175 Å². The van der Waals surface area contributed by atoms with Crippen LogP contribution in [0.25, 0.3) is 0 Å². The summed E-state index contributed by atoms with van der Waals surface area (Å²) < 4.78 is 4.85. The first kappa shape index (κ1) is 20.9. The maximum absolute atomic E-state index is 11.4. The van der Waals surface area contributed by atoms with Crippen molar-refractivity contribution >= 4 is 40.9 Å². The van der Waals surface area contributed by atoms with Gasteiger partial charge in [0, 0.05) is 40.3 Å². The lowest BCUT2D eigenvalue weighted by atomic mass is 10.1. The van der Waals surface area contributed by atoms with Crippen molar-refractivity contribution in [3.05, 3.63) is 48.0 Å². The van der Waals surface area contributed by atoms with Crippen LogP contribution in [0.15, 0.2) is 47.4 Å². The molecule has 0 amide bonds. The molecule has 0 radical (unpaired) electrons. The molecule has 0 aliphatic carbocycles. The lowest BCUT2D eigenvalue weighted by molar-refractivity contribution is -0.138. The quantitative estimate of drug-likeness (QED) is 0.653. The first-order valence-electron chi connectivity index (χ1n) is 9.35. The van der Waals surface area contributed by atoms with E-state index in [4.69, 9.17) is 4.74 Å². The number of carbonyl (C=O) groups is 1. The van der Waals surface area contributed by atoms with Gasteiger partial charge in [-0.1, -0.05) is 25.1 Å². The number of nitrogens with zero attached hydrogens (tertiary/aromatic N) is 1. The number of carboxylic acid groups (broad SMARTS) is 1. The predicted molar refractivity (Wildman–Crippen MR) is 119 cm³/mol. The molecule has 150 valence electrons. The van der Waals surface area contributed by atoms with E-state index < -0.39 is 10.7 Å². The molecule has 0 aromatic heterocycles. The molecule has 28 heavy (non-hydrogen) atoms. The van der Waals surface area contributed by atoms with Crippen LogP contribution >= 0.6 is 23.5 Å². The fourth-order valence-corrected chi connectivity index (χ4v) is 5.07. The first-order chi connectivity index (χ1) is 13.3. The van der Waals surface area contributed by atoms with Crippen LogP contribution in [-0.4, -0.2) is 35.2 Å². The smallest absolute Gasteiger partial charge is 0.319 e. The number of rotatable bonds is 6. The third-order valence-corrected chi connectivity index (χ3v) is 7.57. The average Bonchev–Trinajstić information content (AvgIpc) is 2.85. The normalized spacial score (nSPS) is 17.0. The molecule has 0 saturated carbocycles. The SMILES string of the molecule is COc1cc2c(cc1CSC(C)(C)C(=O)O)SCC(C)CN2c1ccccc1. The van der Waals surface area contributed by atoms with Gasteiger partial charge in [-0.05, 0) is 38.0 Å². The molecule has 1 aliphatic rings. The number of para-hydroxylation sites is 1. The van der Waals surface area contributed by atoms with Gasteiger partial charge in [0.15, 0.2) is 0 Å². The summed E-state index contributed by atoms with van der Waals surface area (Å²) in [6.45, 7) is 6.71. The van der Waals surface area contributed by atoms with Gasteiger partial charge in [0.25, 0.3) is 0 Å². The summed E-state index contributed by atoms with van der Waals surface area (Å²) in [5.41, 5.74) is 3.37. The molecule has 0 saturated heterocycles. The van der Waals surface area contributed by atoms with Gasteiger partial charge in [-0.2, -0.15) is 0 Å². The second kappa shape index (κ2) is 8.70. The Kier molecular flexibility index (Phi) is 6.50. The van der Waals surface area contributed by atoms with Crippen LogP contribution in [0.3, 0.4) is 0 Å². The van der Waals surface area contributed by atoms with E-state index in [1.807, 2.05) is 17.8 Å². The number of carboxylic acids is 1. The molecule has 4 nitrogen and oxygen atoms in total. The van der Waals surface area contributed by atoms with E-state index in [9.17, 15) is 9.90 Å². The topological polar surface area (TPSA) is 49.8 Å². The van der Waals surface area contributed by atoms with Gasteiger partial charge in [0.2, 0.25) is 0 Å². The number of aliphatic carboxylic acids is 1. The summed E-state index contributed by atoms with van der Waals surface area (Å²) in [7, 11) is 1.68. The molecule has 6 heteroatoms. The zero-order valence-electron chi connectivity index (χ0n) is 16.8. The molecule has 1 heterocycles. The summed E-state index contributed by atoms with van der Waals surface area (Å²) in [4.78, 5) is 15.0. The van der Waals surface area contributed by atoms with Crippen LogP contribution in [0.5, 0.6) is 5.75 Å². The largest absolute Gasteiger partial charge is 0.496 e. The van der Waals surface area contributed by atoms with Gasteiger partial charge in [-0.25, -0.2) is 0 Å². The van der Waals surface area contributed by atoms with Crippen molar-refractivity contribution in [2.75, 3.05) is 24.3 Å². The summed E-state index contributed by atoms with van der Waals surface area (Å²) >= 11 is 3.29. The molecule has 1 N–H and O–H groups in total. The molecule has 1 aliphatic heterocycles. The fraction of sp³-hybridized carbons (Fsp3) is 0.409. The summed E-state index contributed by atoms with van der Waals surface area (Å²) in [5, 5.41) is 9.40. The highest BCUT2D eigenvalue weighted by Crippen LogP contribution is 2.44. The van der Waals surface area contributed by atoms with Crippen molar-refractivity contribution in [2.45, 2.75) is 36.2 Å². The number of hydrogen-bond donors (Lipinski definition) is 1. The number of hydrogen-bond acceptors (Lipinski definition) is 5. The van der Waals surface area contributed by atoms with Crippen LogP contribution in [0.1, 0.15) is 26.3 Å². The predicted octanol–water partition coefficient (Wildman–Crippen LogP) is 5.67. The molecule has 0 bridgehead atoms. The molecule has 1 unspecified atom stereocenters. The van der Waals surface area contributed by atoms with Crippen molar-refractivity contribution in [3.63, 3.8) is 0 Å². The van der Waals surface area contributed by atoms with Gasteiger partial charge in [-0.15, -0.1) is 23.5 Å². The molecule has 2 aromatic rings. The van der Waals surface area contributed by atoms with E-state index in [0.717, 1.165) is 29.3 Å². The molecule has 0 fully saturated rings. The van der Waals surface area contributed by atoms with E-state index in [-0.39, 0.29) is 0 Å². The number of anilines is 2. The Balaban J connectivity index is 1.98. The Hall–Kier alpha value is -1.79. The van der Waals surface area contributed by atoms with Gasteiger partial charge in [0.05, 0.1) is 12.8 Å². The molecule has 3 rings (SSSR count). The Bertz CT molecular complexity index is 839. The van der Waals surface area contributed by atoms with Gasteiger partial charge >= 0.3 is 5.97 Å². The highest BCUT2D eigenvalue weighted by molar-refractivity contribution is 8.00. The number of ether oxygens (including phenoxy) is 1. The third kappa shape index (κ3) is 4.61. The third-order valence-electron chi connectivity index (χ3n) is 4.84. The molecular formula is C22H27NO3S2. The highest BCUT2D eigenvalue weighted by Gasteiger charge is 2.29. The zero-order valence-corrected chi connectivity index (χ0v) is 18.4. The maximum Gasteiger partial charge on any atom is 0.319 e. The van der Waals surface area contributed by atoms with Crippen LogP contribution in [0.4, 0.5) is 11.4 Å². The minimum absolute atomic E-state index is 0.548. The van der Waals surface area contributed by atoms with Crippen LogP contribution in [-0.2, 0) is 10.5 Å². The van der Waals surface area contributed by atoms with Gasteiger partial charge < -0.3 is 14.7 Å². The van der Waals surface area contributed by atoms with Crippen LogP contribution < -0.4 is 9.64 Å². The van der Waals surface area contributed by atoms with E-state index in [1.54, 1.807) is 21.0 Å². The van der Waals surface area contributed by atoms with Crippen molar-refractivity contribution in [2.24, 2.45) is 5.92 Å². The monoisotopic (exact) mass is 417 g/mol. The van der Waals surface area contributed by atoms with Crippen LogP contribution in [0.2, 0.25) is 0 Å². The standard InChI is InChI=1S/C22H27NO3S2/c1-15-12-23(17-8-6-5-7-9-17)18-11-19(26-4)16(10-20(18)27-13-15)14-28-22(2,3)21(24)25/h5-11,15H,12-14H2,1-4H3,(H,24,25). The molecule has 1 atom stereocenters. The van der Waals surface area contributed by atoms with Crippen molar-refractivity contribution in [1.29, 1.82) is 0 Å². The Morgan fingerprint density at radius 3 is 2.68 bits per heavy atom. The maximum atomic E-state index is 11.4. The Morgan fingerprint density at radius 2 is 2.04 bits per heavy atom.